The van der Waals surface area contributed by atoms with E-state index in [4.69, 9.17) is 21.3 Å². The molecule has 16 heteroatoms. The summed E-state index contributed by atoms with van der Waals surface area (Å²) >= 11 is 6.14. The van der Waals surface area contributed by atoms with Crippen molar-refractivity contribution in [3.05, 3.63) is 80.8 Å². The average Bonchev–Trinajstić information content (AvgIpc) is 3.80. The van der Waals surface area contributed by atoms with E-state index >= 15 is 0 Å². The Hall–Kier alpha value is -4.47. The van der Waals surface area contributed by atoms with Gasteiger partial charge in [0.15, 0.2) is 5.82 Å². The fourth-order valence-electron chi connectivity index (χ4n) is 6.87. The van der Waals surface area contributed by atoms with Crippen LogP contribution in [0.15, 0.2) is 47.4 Å². The molecule has 3 aliphatic rings. The van der Waals surface area contributed by atoms with Crippen molar-refractivity contribution in [2.24, 2.45) is 11.8 Å². The van der Waals surface area contributed by atoms with Crippen LogP contribution in [0.25, 0.3) is 11.4 Å². The van der Waals surface area contributed by atoms with Gasteiger partial charge in [0.05, 0.1) is 40.9 Å². The Bertz CT molecular complexity index is 2000. The maximum atomic E-state index is 14.2. The van der Waals surface area contributed by atoms with Crippen LogP contribution in [0.4, 0.5) is 24.5 Å². The number of piperazine rings is 1. The summed E-state index contributed by atoms with van der Waals surface area (Å²) in [7, 11) is 0. The highest BCUT2D eigenvalue weighted by molar-refractivity contribution is 6.33. The molecule has 0 spiro atoms. The molecule has 5 heterocycles. The predicted octanol–water partition coefficient (Wildman–Crippen LogP) is 4.24. The minimum atomic E-state index is -4.59. The molecule has 1 amide bonds. The number of amides is 1. The second-order valence-corrected chi connectivity index (χ2v) is 12.9. The summed E-state index contributed by atoms with van der Waals surface area (Å²) in [5.74, 6) is 0.733. The number of nitrogens with zero attached hydrogens (tertiary/aromatic N) is 7. The first kappa shape index (κ1) is 33.0. The summed E-state index contributed by atoms with van der Waals surface area (Å²) in [6, 6.07) is 5.99. The van der Waals surface area contributed by atoms with Gasteiger partial charge in [-0.05, 0) is 54.7 Å². The van der Waals surface area contributed by atoms with Crippen molar-refractivity contribution in [2.75, 3.05) is 49.6 Å². The lowest BCUT2D eigenvalue weighted by Crippen LogP contribution is -2.48. The molecule has 0 bridgehead atoms. The van der Waals surface area contributed by atoms with Gasteiger partial charge in [-0.15, -0.1) is 5.10 Å². The normalized spacial score (nSPS) is 19.8. The van der Waals surface area contributed by atoms with Crippen molar-refractivity contribution in [3.8, 4) is 5.75 Å². The molecule has 12 nitrogen and oxygen atoms in total. The van der Waals surface area contributed by atoms with Crippen LogP contribution < -0.4 is 15.8 Å². The standard InChI is InChI=1S/C33H34ClF3N8O4/c1-2-26-29(43-10-8-42(9-11-43)15-25-27(46)4-3-7-38-25)31(48)45-32(40-30(41-45)19-12-20-17-49-18-21(20)13-19)44(26)16-28(47)39-24-6-5-22(14-23(24)34)33(35,36)37/h3-7,12,14,20-21,46H,2,8-11,13,15-18H2,1H3,(H,39,47). The smallest absolute Gasteiger partial charge is 0.416 e. The highest BCUT2D eigenvalue weighted by atomic mass is 35.5. The number of halogens is 4. The van der Waals surface area contributed by atoms with Crippen molar-refractivity contribution >= 4 is 40.2 Å². The van der Waals surface area contributed by atoms with Crippen LogP contribution in [0.5, 0.6) is 5.75 Å². The van der Waals surface area contributed by atoms with Crippen LogP contribution in [0.3, 0.4) is 0 Å². The molecule has 2 fully saturated rings. The molecule has 0 radical (unpaired) electrons. The van der Waals surface area contributed by atoms with Crippen molar-refractivity contribution < 1.29 is 27.8 Å². The summed E-state index contributed by atoms with van der Waals surface area (Å²) in [4.78, 5) is 40.9. The summed E-state index contributed by atoms with van der Waals surface area (Å²) < 4.78 is 48.1. The highest BCUT2D eigenvalue weighted by Crippen LogP contribution is 2.39. The molecule has 2 atom stereocenters. The van der Waals surface area contributed by atoms with Crippen LogP contribution in [-0.2, 0) is 35.2 Å². The lowest BCUT2D eigenvalue weighted by molar-refractivity contribution is -0.137. The molecule has 0 saturated carbocycles. The molecule has 1 aromatic carbocycles. The van der Waals surface area contributed by atoms with Gasteiger partial charge < -0.3 is 24.6 Å². The van der Waals surface area contributed by atoms with Crippen LogP contribution in [0, 0.1) is 11.8 Å². The van der Waals surface area contributed by atoms with E-state index in [1.165, 1.54) is 4.52 Å². The molecule has 2 N–H and O–H groups in total. The first-order valence-corrected chi connectivity index (χ1v) is 16.5. The molecule has 49 heavy (non-hydrogen) atoms. The van der Waals surface area contributed by atoms with Crippen LogP contribution in [0.1, 0.15) is 36.1 Å². The lowest BCUT2D eigenvalue weighted by atomic mass is 10.00. The molecule has 2 unspecified atom stereocenters. The number of carbonyl (C=O) groups is 1. The largest absolute Gasteiger partial charge is 0.506 e. The van der Waals surface area contributed by atoms with Gasteiger partial charge in [0.1, 0.15) is 18.0 Å². The zero-order chi connectivity index (χ0) is 34.4. The van der Waals surface area contributed by atoms with Gasteiger partial charge in [0.25, 0.3) is 5.56 Å². The van der Waals surface area contributed by atoms with Gasteiger partial charge in [-0.25, -0.2) is 0 Å². The Morgan fingerprint density at radius 3 is 2.65 bits per heavy atom. The number of rotatable bonds is 8. The van der Waals surface area contributed by atoms with Gasteiger partial charge >= 0.3 is 6.18 Å². The van der Waals surface area contributed by atoms with Crippen LogP contribution in [-0.4, -0.2) is 79.5 Å². The van der Waals surface area contributed by atoms with Crippen molar-refractivity contribution in [1.29, 1.82) is 0 Å². The summed E-state index contributed by atoms with van der Waals surface area (Å²) in [5, 5.41) is 17.2. The number of alkyl halides is 3. The van der Waals surface area contributed by atoms with Gasteiger partial charge in [-0.1, -0.05) is 24.6 Å². The van der Waals surface area contributed by atoms with E-state index in [2.05, 4.69) is 26.4 Å². The summed E-state index contributed by atoms with van der Waals surface area (Å²) in [6.45, 7) is 5.46. The van der Waals surface area contributed by atoms with Gasteiger partial charge in [0, 0.05) is 44.8 Å². The lowest BCUT2D eigenvalue weighted by Gasteiger charge is -2.36. The molecule has 4 aromatic rings. The fraction of sp³-hybridized carbons (Fsp3) is 0.424. The summed E-state index contributed by atoms with van der Waals surface area (Å²) in [5.41, 5.74) is 1.20. The number of nitrogens with one attached hydrogen (secondary N) is 1. The number of fused-ring (bicyclic) bond motifs is 2. The number of pyridine rings is 1. The maximum absolute atomic E-state index is 14.2. The summed E-state index contributed by atoms with van der Waals surface area (Å²) in [6.07, 6.45) is 0.235. The molecule has 258 valence electrons. The van der Waals surface area contributed by atoms with E-state index in [0.29, 0.717) is 87.6 Å². The first-order chi connectivity index (χ1) is 23.5. The van der Waals surface area contributed by atoms with Crippen LogP contribution in [0.2, 0.25) is 5.02 Å². The van der Waals surface area contributed by atoms with Crippen molar-refractivity contribution in [1.82, 2.24) is 29.0 Å². The van der Waals surface area contributed by atoms with Crippen molar-refractivity contribution in [3.63, 3.8) is 0 Å². The number of hydrogen-bond donors (Lipinski definition) is 2. The quantitative estimate of drug-likeness (QED) is 0.278. The third-order valence-electron chi connectivity index (χ3n) is 9.39. The maximum Gasteiger partial charge on any atom is 0.416 e. The Morgan fingerprint density at radius 2 is 1.96 bits per heavy atom. The number of carbonyl (C=O) groups excluding carboxylic acids is 1. The van der Waals surface area contributed by atoms with E-state index in [1.807, 2.05) is 11.8 Å². The average molecular weight is 699 g/mol. The zero-order valence-electron chi connectivity index (χ0n) is 26.6. The number of aromatic nitrogens is 5. The minimum Gasteiger partial charge on any atom is -0.506 e. The topological polar surface area (TPSA) is 130 Å². The first-order valence-electron chi connectivity index (χ1n) is 16.1. The number of hydrogen-bond acceptors (Lipinski definition) is 9. The van der Waals surface area contributed by atoms with E-state index in [1.54, 1.807) is 22.9 Å². The number of aromatic hydroxyl groups is 1. The van der Waals surface area contributed by atoms with Crippen LogP contribution >= 0.6 is 11.6 Å². The van der Waals surface area contributed by atoms with Gasteiger partial charge in [-0.2, -0.15) is 22.7 Å². The molecular formula is C33H34ClF3N8O4. The highest BCUT2D eigenvalue weighted by Gasteiger charge is 2.35. The Balaban J connectivity index is 1.22. The number of ether oxygens (including phenoxy) is 1. The minimum absolute atomic E-state index is 0.0251. The zero-order valence-corrected chi connectivity index (χ0v) is 27.3. The number of anilines is 2. The predicted molar refractivity (Wildman–Crippen MR) is 175 cm³/mol. The van der Waals surface area contributed by atoms with E-state index in [-0.39, 0.29) is 40.3 Å². The monoisotopic (exact) mass is 698 g/mol. The number of allylic oxidation sites excluding steroid dienone is 1. The van der Waals surface area contributed by atoms with E-state index < -0.39 is 17.6 Å². The second-order valence-electron chi connectivity index (χ2n) is 12.5. The van der Waals surface area contributed by atoms with E-state index in [9.17, 15) is 27.9 Å². The third-order valence-corrected chi connectivity index (χ3v) is 9.71. The number of benzene rings is 1. The molecule has 7 rings (SSSR count). The molecule has 2 aliphatic heterocycles. The Morgan fingerprint density at radius 1 is 1.16 bits per heavy atom. The second kappa shape index (κ2) is 13.1. The molecule has 1 aliphatic carbocycles. The van der Waals surface area contributed by atoms with Gasteiger partial charge in [0.2, 0.25) is 11.7 Å². The van der Waals surface area contributed by atoms with Crippen molar-refractivity contribution in [2.45, 2.75) is 39.0 Å². The Kier molecular flexibility index (Phi) is 8.83. The fourth-order valence-corrected chi connectivity index (χ4v) is 7.10. The van der Waals surface area contributed by atoms with E-state index in [0.717, 1.165) is 23.8 Å². The van der Waals surface area contributed by atoms with Gasteiger partial charge in [-0.3, -0.25) is 19.5 Å². The SMILES string of the molecule is CCc1c(N2CCN(Cc3ncccc3O)CC2)c(=O)n2nc(C3=CC4COCC4C3)nc2n1CC(=O)Nc1ccc(C(F)(F)F)cc1Cl. The Labute approximate surface area is 283 Å². The molecule has 3 aromatic heterocycles. The third kappa shape index (κ3) is 6.49. The molecule has 2 saturated heterocycles. The molecular weight excluding hydrogens is 665 g/mol.